The van der Waals surface area contributed by atoms with Gasteiger partial charge in [-0.2, -0.15) is 0 Å². The molecule has 0 aliphatic carbocycles. The van der Waals surface area contributed by atoms with Crippen LogP contribution in [0.1, 0.15) is 13.8 Å². The van der Waals surface area contributed by atoms with Crippen LogP contribution in [0.25, 0.3) is 0 Å². The number of hydrogen-bond donors (Lipinski definition) is 2. The summed E-state index contributed by atoms with van der Waals surface area (Å²) in [5.74, 6) is 0. The maximum absolute atomic E-state index is 12.4. The van der Waals surface area contributed by atoms with Gasteiger partial charge in [-0.15, -0.1) is 0 Å². The maximum atomic E-state index is 12.4. The number of rotatable bonds is 0. The van der Waals surface area contributed by atoms with Crippen LogP contribution in [-0.4, -0.2) is 67.2 Å². The number of carbonyl (C=O) groups is 1. The van der Waals surface area contributed by atoms with Crippen LogP contribution in [0.3, 0.4) is 0 Å². The number of urea groups is 1. The zero-order chi connectivity index (χ0) is 11.5. The van der Waals surface area contributed by atoms with E-state index in [0.717, 1.165) is 39.3 Å². The number of amides is 2. The molecule has 0 saturated carbocycles. The highest BCUT2D eigenvalue weighted by atomic mass is 16.2. The van der Waals surface area contributed by atoms with Crippen molar-refractivity contribution in [2.75, 3.05) is 39.3 Å². The minimum Gasteiger partial charge on any atom is -0.319 e. The Balaban J connectivity index is 1.99. The van der Waals surface area contributed by atoms with Crippen molar-refractivity contribution in [2.24, 2.45) is 0 Å². The summed E-state index contributed by atoms with van der Waals surface area (Å²) < 4.78 is 0. The van der Waals surface area contributed by atoms with Crippen molar-refractivity contribution in [3.63, 3.8) is 0 Å². The Morgan fingerprint density at radius 2 is 1.44 bits per heavy atom. The maximum Gasteiger partial charge on any atom is 0.320 e. The van der Waals surface area contributed by atoms with Crippen LogP contribution in [0.4, 0.5) is 4.79 Å². The average Bonchev–Trinajstić information content (AvgIpc) is 2.29. The lowest BCUT2D eigenvalue weighted by Crippen LogP contribution is -2.61. The van der Waals surface area contributed by atoms with E-state index >= 15 is 0 Å². The van der Waals surface area contributed by atoms with Gasteiger partial charge in [0.15, 0.2) is 0 Å². The number of hydrogen-bond acceptors (Lipinski definition) is 3. The van der Waals surface area contributed by atoms with Crippen LogP contribution in [0, 0.1) is 0 Å². The van der Waals surface area contributed by atoms with Crippen molar-refractivity contribution in [3.8, 4) is 0 Å². The van der Waals surface area contributed by atoms with E-state index in [1.807, 2.05) is 9.80 Å². The third-order valence-corrected chi connectivity index (χ3v) is 3.49. The van der Waals surface area contributed by atoms with Gasteiger partial charge in [0.25, 0.3) is 0 Å². The molecule has 0 spiro atoms. The van der Waals surface area contributed by atoms with Crippen molar-refractivity contribution in [1.82, 2.24) is 20.4 Å². The molecule has 2 amide bonds. The van der Waals surface area contributed by atoms with Crippen molar-refractivity contribution in [3.05, 3.63) is 0 Å². The van der Waals surface area contributed by atoms with E-state index in [2.05, 4.69) is 24.5 Å². The van der Waals surface area contributed by atoms with Crippen molar-refractivity contribution in [1.29, 1.82) is 0 Å². The summed E-state index contributed by atoms with van der Waals surface area (Å²) in [4.78, 5) is 16.4. The first-order chi connectivity index (χ1) is 7.70. The van der Waals surface area contributed by atoms with Gasteiger partial charge < -0.3 is 20.4 Å². The van der Waals surface area contributed by atoms with Gasteiger partial charge in [0.1, 0.15) is 0 Å². The number of nitrogens with one attached hydrogen (secondary N) is 2. The molecule has 0 radical (unpaired) electrons. The Hall–Kier alpha value is -0.810. The summed E-state index contributed by atoms with van der Waals surface area (Å²) in [6.45, 7) is 9.52. The molecule has 0 unspecified atom stereocenters. The van der Waals surface area contributed by atoms with E-state index in [0.29, 0.717) is 12.1 Å². The molecule has 2 rings (SSSR count). The first kappa shape index (κ1) is 11.7. The van der Waals surface area contributed by atoms with Crippen molar-refractivity contribution >= 4 is 6.03 Å². The van der Waals surface area contributed by atoms with Crippen molar-refractivity contribution < 1.29 is 4.79 Å². The quantitative estimate of drug-likeness (QED) is 0.596. The summed E-state index contributed by atoms with van der Waals surface area (Å²) in [7, 11) is 0. The molecule has 0 aromatic rings. The largest absolute Gasteiger partial charge is 0.320 e. The molecule has 2 N–H and O–H groups in total. The molecule has 2 aliphatic heterocycles. The molecule has 5 nitrogen and oxygen atoms in total. The number of nitrogens with zero attached hydrogens (tertiary/aromatic N) is 2. The topological polar surface area (TPSA) is 47.6 Å². The molecule has 2 saturated heterocycles. The first-order valence-corrected chi connectivity index (χ1v) is 6.19. The van der Waals surface area contributed by atoms with E-state index in [4.69, 9.17) is 0 Å². The molecular weight excluding hydrogens is 204 g/mol. The third kappa shape index (κ3) is 2.30. The van der Waals surface area contributed by atoms with Gasteiger partial charge in [-0.1, -0.05) is 0 Å². The fourth-order valence-corrected chi connectivity index (χ4v) is 2.42. The molecule has 2 heterocycles. The van der Waals surface area contributed by atoms with Crippen LogP contribution in [0.15, 0.2) is 0 Å². The summed E-state index contributed by atoms with van der Waals surface area (Å²) in [5.41, 5.74) is 0. The lowest BCUT2D eigenvalue weighted by molar-refractivity contribution is 0.104. The lowest BCUT2D eigenvalue weighted by Gasteiger charge is -2.41. The highest BCUT2D eigenvalue weighted by Gasteiger charge is 2.30. The Morgan fingerprint density at radius 1 is 1.00 bits per heavy atom. The molecular formula is C11H22N4O. The monoisotopic (exact) mass is 226 g/mol. The molecule has 92 valence electrons. The van der Waals surface area contributed by atoms with Crippen LogP contribution >= 0.6 is 0 Å². The van der Waals surface area contributed by atoms with Gasteiger partial charge in [-0.3, -0.25) is 0 Å². The van der Waals surface area contributed by atoms with Crippen LogP contribution in [0.5, 0.6) is 0 Å². The highest BCUT2D eigenvalue weighted by Crippen LogP contribution is 2.11. The molecule has 0 bridgehead atoms. The number of piperazine rings is 2. The summed E-state index contributed by atoms with van der Waals surface area (Å²) in [5, 5.41) is 6.62. The predicted octanol–water partition coefficient (Wildman–Crippen LogP) is -0.306. The van der Waals surface area contributed by atoms with Crippen molar-refractivity contribution in [2.45, 2.75) is 25.9 Å². The average molecular weight is 226 g/mol. The second kappa shape index (κ2) is 5.01. The van der Waals surface area contributed by atoms with E-state index in [9.17, 15) is 4.79 Å². The summed E-state index contributed by atoms with van der Waals surface area (Å²) >= 11 is 0. The van der Waals surface area contributed by atoms with Gasteiger partial charge in [0.05, 0.1) is 0 Å². The fourth-order valence-electron chi connectivity index (χ4n) is 2.42. The normalized spacial score (nSPS) is 31.6. The third-order valence-electron chi connectivity index (χ3n) is 3.49. The van der Waals surface area contributed by atoms with Crippen LogP contribution in [0.2, 0.25) is 0 Å². The Kier molecular flexibility index (Phi) is 3.66. The first-order valence-electron chi connectivity index (χ1n) is 6.19. The molecule has 2 atom stereocenters. The molecule has 5 heteroatoms. The molecule has 2 fully saturated rings. The summed E-state index contributed by atoms with van der Waals surface area (Å²) in [6.07, 6.45) is 0. The zero-order valence-electron chi connectivity index (χ0n) is 10.2. The Bertz CT molecular complexity index is 234. The molecule has 0 aromatic heterocycles. The standard InChI is InChI=1S/C11H22N4O/c1-9-7-12-3-5-14(9)11(16)15-6-4-13-8-10(15)2/h9-10,12-13H,3-8H2,1-2H3/t9-,10-/m0/s1. The van der Waals surface area contributed by atoms with E-state index < -0.39 is 0 Å². The molecule has 16 heavy (non-hydrogen) atoms. The lowest BCUT2D eigenvalue weighted by atomic mass is 10.2. The van der Waals surface area contributed by atoms with E-state index in [1.165, 1.54) is 0 Å². The van der Waals surface area contributed by atoms with E-state index in [1.54, 1.807) is 0 Å². The fraction of sp³-hybridized carbons (Fsp3) is 0.909. The van der Waals surface area contributed by atoms with E-state index in [-0.39, 0.29) is 6.03 Å². The second-order valence-corrected chi connectivity index (χ2v) is 4.78. The molecule has 0 aromatic carbocycles. The van der Waals surface area contributed by atoms with Gasteiger partial charge >= 0.3 is 6.03 Å². The second-order valence-electron chi connectivity index (χ2n) is 4.78. The number of carbonyl (C=O) groups excluding carboxylic acids is 1. The smallest absolute Gasteiger partial charge is 0.319 e. The SMILES string of the molecule is C[C@H]1CNCCN1C(=O)N1CCNC[C@@H]1C. The van der Waals surface area contributed by atoms with Gasteiger partial charge in [0, 0.05) is 51.4 Å². The predicted molar refractivity (Wildman–Crippen MR) is 63.5 cm³/mol. The van der Waals surface area contributed by atoms with Crippen LogP contribution in [-0.2, 0) is 0 Å². The highest BCUT2D eigenvalue weighted by molar-refractivity contribution is 5.75. The van der Waals surface area contributed by atoms with Crippen LogP contribution < -0.4 is 10.6 Å². The molecule has 2 aliphatic rings. The Labute approximate surface area is 97.2 Å². The summed E-state index contributed by atoms with van der Waals surface area (Å²) in [6, 6.07) is 0.828. The van der Waals surface area contributed by atoms with Gasteiger partial charge in [0.2, 0.25) is 0 Å². The minimum atomic E-state index is 0.211. The van der Waals surface area contributed by atoms with Gasteiger partial charge in [-0.25, -0.2) is 4.79 Å². The Morgan fingerprint density at radius 3 is 1.81 bits per heavy atom. The zero-order valence-corrected chi connectivity index (χ0v) is 10.2. The van der Waals surface area contributed by atoms with Gasteiger partial charge in [-0.05, 0) is 13.8 Å². The minimum absolute atomic E-state index is 0.211.